The van der Waals surface area contributed by atoms with Crippen molar-refractivity contribution >= 4 is 5.97 Å². The van der Waals surface area contributed by atoms with Crippen molar-refractivity contribution in [2.45, 2.75) is 71.9 Å². The van der Waals surface area contributed by atoms with E-state index in [1.54, 1.807) is 0 Å². The normalized spacial score (nSPS) is 46.4. The van der Waals surface area contributed by atoms with Crippen molar-refractivity contribution in [2.24, 2.45) is 22.7 Å². The molecule has 3 rings (SSSR count). The Balaban J connectivity index is 1.68. The monoisotopic (exact) mass is 279 g/mol. The lowest BCUT2D eigenvalue weighted by Gasteiger charge is -2.39. The summed E-state index contributed by atoms with van der Waals surface area (Å²) in [6, 6.07) is -0.0883. The molecule has 0 spiro atoms. The van der Waals surface area contributed by atoms with Gasteiger partial charge >= 0.3 is 5.97 Å². The summed E-state index contributed by atoms with van der Waals surface area (Å²) < 4.78 is 5.99. The topological polar surface area (TPSA) is 38.3 Å². The average Bonchev–Trinajstić information content (AvgIpc) is 2.72. The van der Waals surface area contributed by atoms with Crippen LogP contribution in [0.1, 0.15) is 59.8 Å². The summed E-state index contributed by atoms with van der Waals surface area (Å²) in [5.74, 6) is 1.12. The highest BCUT2D eigenvalue weighted by molar-refractivity contribution is 5.76. The van der Waals surface area contributed by atoms with Crippen molar-refractivity contribution in [3.8, 4) is 0 Å². The number of carbonyl (C=O) groups is 1. The average molecular weight is 279 g/mol. The maximum Gasteiger partial charge on any atom is 0.323 e. The van der Waals surface area contributed by atoms with E-state index in [0.717, 1.165) is 25.3 Å². The molecule has 20 heavy (non-hydrogen) atoms. The quantitative estimate of drug-likeness (QED) is 0.789. The zero-order valence-corrected chi connectivity index (χ0v) is 13.4. The summed E-state index contributed by atoms with van der Waals surface area (Å²) in [5, 5.41) is 3.35. The number of fused-ring (bicyclic) bond motifs is 2. The molecule has 3 fully saturated rings. The van der Waals surface area contributed by atoms with Crippen LogP contribution in [0.3, 0.4) is 0 Å². The van der Waals surface area contributed by atoms with Gasteiger partial charge in [-0.1, -0.05) is 27.7 Å². The first-order valence-electron chi connectivity index (χ1n) is 8.30. The van der Waals surface area contributed by atoms with Crippen molar-refractivity contribution in [1.82, 2.24) is 5.32 Å². The molecule has 0 radical (unpaired) electrons. The zero-order valence-electron chi connectivity index (χ0n) is 13.4. The van der Waals surface area contributed by atoms with E-state index < -0.39 is 0 Å². The molecule has 1 aliphatic heterocycles. The van der Waals surface area contributed by atoms with Crippen LogP contribution >= 0.6 is 0 Å². The number of hydrogen-bond acceptors (Lipinski definition) is 3. The van der Waals surface area contributed by atoms with Gasteiger partial charge in [0.15, 0.2) is 0 Å². The van der Waals surface area contributed by atoms with Crippen LogP contribution in [0.25, 0.3) is 0 Å². The van der Waals surface area contributed by atoms with Crippen LogP contribution in [0.15, 0.2) is 0 Å². The second-order valence-electron chi connectivity index (χ2n) is 8.09. The zero-order chi connectivity index (χ0) is 14.5. The Morgan fingerprint density at radius 3 is 2.55 bits per heavy atom. The van der Waals surface area contributed by atoms with Crippen LogP contribution in [0.5, 0.6) is 0 Å². The van der Waals surface area contributed by atoms with Crippen LogP contribution in [-0.2, 0) is 9.53 Å². The third-order valence-electron chi connectivity index (χ3n) is 7.00. The van der Waals surface area contributed by atoms with Gasteiger partial charge in [0, 0.05) is 5.41 Å². The second kappa shape index (κ2) is 4.72. The molecule has 3 aliphatic rings. The van der Waals surface area contributed by atoms with Crippen molar-refractivity contribution in [1.29, 1.82) is 0 Å². The molecular weight excluding hydrogens is 250 g/mol. The van der Waals surface area contributed by atoms with E-state index in [-0.39, 0.29) is 23.5 Å². The molecule has 114 valence electrons. The SMILES string of the molecule is CC1CCCNC1C(=O)OC1CC2CCC1(C)C2(C)C. The Hall–Kier alpha value is -0.570. The number of piperidine rings is 1. The first kappa shape index (κ1) is 14.4. The highest BCUT2D eigenvalue weighted by atomic mass is 16.5. The summed E-state index contributed by atoms with van der Waals surface area (Å²) in [6.45, 7) is 10.2. The fourth-order valence-electron chi connectivity index (χ4n) is 4.89. The van der Waals surface area contributed by atoms with Gasteiger partial charge in [0.25, 0.3) is 0 Å². The Morgan fingerprint density at radius 1 is 1.25 bits per heavy atom. The molecule has 2 aliphatic carbocycles. The van der Waals surface area contributed by atoms with Gasteiger partial charge in [-0.15, -0.1) is 0 Å². The van der Waals surface area contributed by atoms with Gasteiger partial charge < -0.3 is 10.1 Å². The Kier molecular flexibility index (Phi) is 3.39. The van der Waals surface area contributed by atoms with Gasteiger partial charge in [-0.05, 0) is 55.9 Å². The molecule has 1 saturated heterocycles. The van der Waals surface area contributed by atoms with Gasteiger partial charge in [-0.2, -0.15) is 0 Å². The molecule has 2 saturated carbocycles. The maximum atomic E-state index is 12.5. The molecule has 0 aromatic carbocycles. The van der Waals surface area contributed by atoms with Crippen LogP contribution in [0.4, 0.5) is 0 Å². The predicted molar refractivity (Wildman–Crippen MR) is 79.3 cm³/mol. The molecule has 2 bridgehead atoms. The lowest BCUT2D eigenvalue weighted by atomic mass is 9.70. The first-order chi connectivity index (χ1) is 9.36. The van der Waals surface area contributed by atoms with Gasteiger partial charge in [0.05, 0.1) is 0 Å². The van der Waals surface area contributed by atoms with E-state index >= 15 is 0 Å². The number of ether oxygens (including phenoxy) is 1. The first-order valence-corrected chi connectivity index (χ1v) is 8.30. The van der Waals surface area contributed by atoms with E-state index in [0.29, 0.717) is 11.3 Å². The summed E-state index contributed by atoms with van der Waals surface area (Å²) in [6.07, 6.45) is 5.99. The van der Waals surface area contributed by atoms with E-state index in [2.05, 4.69) is 33.0 Å². The minimum absolute atomic E-state index is 0.00762. The fraction of sp³-hybridized carbons (Fsp3) is 0.941. The molecule has 1 heterocycles. The van der Waals surface area contributed by atoms with Gasteiger partial charge in [-0.3, -0.25) is 4.79 Å². The standard InChI is InChI=1S/C17H29NO2/c1-11-6-5-9-18-14(11)15(19)20-13-10-12-7-8-17(13,4)16(12,2)3/h11-14,18H,5-10H2,1-4H3. The van der Waals surface area contributed by atoms with E-state index in [1.165, 1.54) is 19.3 Å². The minimum Gasteiger partial charge on any atom is -0.461 e. The maximum absolute atomic E-state index is 12.5. The minimum atomic E-state index is -0.0883. The summed E-state index contributed by atoms with van der Waals surface area (Å²) in [5.41, 5.74) is 0.481. The number of carbonyl (C=O) groups excluding carboxylic acids is 1. The van der Waals surface area contributed by atoms with Crippen molar-refractivity contribution in [3.05, 3.63) is 0 Å². The molecule has 3 nitrogen and oxygen atoms in total. The summed E-state index contributed by atoms with van der Waals surface area (Å²) >= 11 is 0. The van der Waals surface area contributed by atoms with E-state index in [1.807, 2.05) is 0 Å². The summed E-state index contributed by atoms with van der Waals surface area (Å²) in [4.78, 5) is 12.5. The van der Waals surface area contributed by atoms with Gasteiger partial charge in [-0.25, -0.2) is 0 Å². The third kappa shape index (κ3) is 1.93. The smallest absolute Gasteiger partial charge is 0.323 e. The molecule has 0 amide bonds. The Morgan fingerprint density at radius 2 is 2.00 bits per heavy atom. The van der Waals surface area contributed by atoms with Gasteiger partial charge in [0.2, 0.25) is 0 Å². The number of hydrogen-bond donors (Lipinski definition) is 1. The molecule has 0 aromatic heterocycles. The molecule has 1 N–H and O–H groups in total. The highest BCUT2D eigenvalue weighted by Crippen LogP contribution is 2.66. The third-order valence-corrected chi connectivity index (χ3v) is 7.00. The molecule has 5 unspecified atom stereocenters. The lowest BCUT2D eigenvalue weighted by molar-refractivity contribution is -0.161. The van der Waals surface area contributed by atoms with Crippen LogP contribution < -0.4 is 5.32 Å². The summed E-state index contributed by atoms with van der Waals surface area (Å²) in [7, 11) is 0. The largest absolute Gasteiger partial charge is 0.461 e. The molecular formula is C17H29NO2. The second-order valence-corrected chi connectivity index (χ2v) is 8.09. The van der Waals surface area contributed by atoms with Crippen LogP contribution in [0.2, 0.25) is 0 Å². The molecule has 0 aromatic rings. The predicted octanol–water partition coefficient (Wildman–Crippen LogP) is 3.13. The lowest BCUT2D eigenvalue weighted by Crippen LogP contribution is -2.49. The number of rotatable bonds is 2. The van der Waals surface area contributed by atoms with E-state index in [4.69, 9.17) is 4.74 Å². The Labute approximate surface area is 122 Å². The van der Waals surface area contributed by atoms with Crippen molar-refractivity contribution in [2.75, 3.05) is 6.54 Å². The highest BCUT2D eigenvalue weighted by Gasteiger charge is 2.63. The van der Waals surface area contributed by atoms with Crippen LogP contribution in [0, 0.1) is 22.7 Å². The molecule has 5 atom stereocenters. The molecule has 3 heteroatoms. The number of nitrogens with one attached hydrogen (secondary N) is 1. The van der Waals surface area contributed by atoms with E-state index in [9.17, 15) is 4.79 Å². The van der Waals surface area contributed by atoms with Crippen molar-refractivity contribution < 1.29 is 9.53 Å². The Bertz CT molecular complexity index is 406. The van der Waals surface area contributed by atoms with Crippen molar-refractivity contribution in [3.63, 3.8) is 0 Å². The van der Waals surface area contributed by atoms with Crippen LogP contribution in [-0.4, -0.2) is 24.7 Å². The number of esters is 1. The van der Waals surface area contributed by atoms with Gasteiger partial charge in [0.1, 0.15) is 12.1 Å². The fourth-order valence-corrected chi connectivity index (χ4v) is 4.89.